The van der Waals surface area contributed by atoms with E-state index in [-0.39, 0.29) is 6.04 Å². The molecule has 0 aliphatic carbocycles. The predicted molar refractivity (Wildman–Crippen MR) is 106 cm³/mol. The SMILES string of the molecule is CCc1c(C)cc(C)cc1C1C=Cc2ccc(CC(C)C)cc2N1. The van der Waals surface area contributed by atoms with E-state index in [2.05, 4.69) is 82.4 Å². The lowest BCUT2D eigenvalue weighted by Crippen LogP contribution is -2.15. The van der Waals surface area contributed by atoms with Gasteiger partial charge < -0.3 is 5.32 Å². The average molecular weight is 319 g/mol. The lowest BCUT2D eigenvalue weighted by atomic mass is 9.90. The molecule has 0 saturated carbocycles. The Morgan fingerprint density at radius 3 is 2.58 bits per heavy atom. The lowest BCUT2D eigenvalue weighted by Gasteiger charge is -2.26. The Balaban J connectivity index is 1.95. The Hall–Kier alpha value is -2.02. The zero-order chi connectivity index (χ0) is 17.3. The first-order valence-corrected chi connectivity index (χ1v) is 9.15. The fraction of sp³-hybridized carbons (Fsp3) is 0.391. The number of anilines is 1. The second-order valence-electron chi connectivity index (χ2n) is 7.50. The largest absolute Gasteiger partial charge is 0.374 e. The van der Waals surface area contributed by atoms with E-state index in [4.69, 9.17) is 0 Å². The molecule has 0 fully saturated rings. The minimum atomic E-state index is 0.264. The first kappa shape index (κ1) is 16.8. The van der Waals surface area contributed by atoms with Crippen LogP contribution in [0.3, 0.4) is 0 Å². The summed E-state index contributed by atoms with van der Waals surface area (Å²) >= 11 is 0. The molecule has 0 spiro atoms. The first-order valence-electron chi connectivity index (χ1n) is 9.15. The van der Waals surface area contributed by atoms with Gasteiger partial charge in [0.25, 0.3) is 0 Å². The van der Waals surface area contributed by atoms with Crippen LogP contribution in [0, 0.1) is 19.8 Å². The number of rotatable bonds is 4. The van der Waals surface area contributed by atoms with E-state index in [1.54, 1.807) is 0 Å². The van der Waals surface area contributed by atoms with Gasteiger partial charge >= 0.3 is 0 Å². The van der Waals surface area contributed by atoms with Crippen molar-refractivity contribution < 1.29 is 0 Å². The number of benzene rings is 2. The van der Waals surface area contributed by atoms with Gasteiger partial charge in [-0.15, -0.1) is 0 Å². The molecule has 1 nitrogen and oxygen atoms in total. The Morgan fingerprint density at radius 2 is 1.88 bits per heavy atom. The molecule has 1 unspecified atom stereocenters. The molecule has 1 aliphatic rings. The van der Waals surface area contributed by atoms with Gasteiger partial charge in [0.1, 0.15) is 0 Å². The van der Waals surface area contributed by atoms with Crippen LogP contribution in [0.4, 0.5) is 5.69 Å². The summed E-state index contributed by atoms with van der Waals surface area (Å²) in [6.07, 6.45) is 6.78. The highest BCUT2D eigenvalue weighted by Crippen LogP contribution is 2.34. The smallest absolute Gasteiger partial charge is 0.0704 e. The summed E-state index contributed by atoms with van der Waals surface area (Å²) in [5.74, 6) is 0.684. The van der Waals surface area contributed by atoms with Crippen molar-refractivity contribution in [3.8, 4) is 0 Å². The van der Waals surface area contributed by atoms with Crippen LogP contribution in [0.5, 0.6) is 0 Å². The van der Waals surface area contributed by atoms with Crippen LogP contribution in [0.1, 0.15) is 60.2 Å². The third-order valence-corrected chi connectivity index (χ3v) is 4.88. The van der Waals surface area contributed by atoms with Crippen LogP contribution in [-0.2, 0) is 12.8 Å². The highest BCUT2D eigenvalue weighted by molar-refractivity contribution is 5.72. The summed E-state index contributed by atoms with van der Waals surface area (Å²) in [7, 11) is 0. The summed E-state index contributed by atoms with van der Waals surface area (Å²) in [5, 5.41) is 3.77. The molecular weight excluding hydrogens is 290 g/mol. The molecule has 2 aromatic rings. The van der Waals surface area contributed by atoms with Crippen LogP contribution in [-0.4, -0.2) is 0 Å². The Bertz CT molecular complexity index is 768. The molecule has 1 aliphatic heterocycles. The fourth-order valence-electron chi connectivity index (χ4n) is 3.86. The summed E-state index contributed by atoms with van der Waals surface area (Å²) < 4.78 is 0. The maximum Gasteiger partial charge on any atom is 0.0704 e. The van der Waals surface area contributed by atoms with Crippen molar-refractivity contribution in [1.29, 1.82) is 0 Å². The fourth-order valence-corrected chi connectivity index (χ4v) is 3.86. The van der Waals surface area contributed by atoms with Crippen LogP contribution >= 0.6 is 0 Å². The van der Waals surface area contributed by atoms with E-state index in [0.29, 0.717) is 5.92 Å². The van der Waals surface area contributed by atoms with E-state index >= 15 is 0 Å². The number of hydrogen-bond acceptors (Lipinski definition) is 1. The topological polar surface area (TPSA) is 12.0 Å². The number of fused-ring (bicyclic) bond motifs is 1. The van der Waals surface area contributed by atoms with E-state index < -0.39 is 0 Å². The molecule has 0 saturated heterocycles. The van der Waals surface area contributed by atoms with Crippen LogP contribution in [0.15, 0.2) is 36.4 Å². The second kappa shape index (κ2) is 6.84. The molecule has 2 aromatic carbocycles. The van der Waals surface area contributed by atoms with E-state index in [9.17, 15) is 0 Å². The highest BCUT2D eigenvalue weighted by atomic mass is 14.9. The van der Waals surface area contributed by atoms with Gasteiger partial charge in [-0.1, -0.05) is 62.8 Å². The summed E-state index contributed by atoms with van der Waals surface area (Å²) in [5.41, 5.74) is 9.62. The van der Waals surface area contributed by atoms with Gasteiger partial charge in [0.05, 0.1) is 6.04 Å². The van der Waals surface area contributed by atoms with Crippen LogP contribution in [0.2, 0.25) is 0 Å². The van der Waals surface area contributed by atoms with E-state index in [1.807, 2.05) is 0 Å². The number of nitrogens with one attached hydrogen (secondary N) is 1. The molecule has 1 N–H and O–H groups in total. The Kier molecular flexibility index (Phi) is 4.80. The Labute approximate surface area is 146 Å². The average Bonchev–Trinajstić information content (AvgIpc) is 2.53. The third-order valence-electron chi connectivity index (χ3n) is 4.88. The molecular formula is C23H29N. The quantitative estimate of drug-likeness (QED) is 0.703. The maximum absolute atomic E-state index is 3.77. The predicted octanol–water partition coefficient (Wildman–Crippen LogP) is 6.24. The van der Waals surface area contributed by atoms with Crippen LogP contribution in [0.25, 0.3) is 6.08 Å². The monoisotopic (exact) mass is 319 g/mol. The van der Waals surface area contributed by atoms with Gasteiger partial charge in [0.2, 0.25) is 0 Å². The van der Waals surface area contributed by atoms with Crippen molar-refractivity contribution in [2.45, 2.75) is 53.5 Å². The van der Waals surface area contributed by atoms with Gasteiger partial charge in [-0.25, -0.2) is 0 Å². The van der Waals surface area contributed by atoms with Crippen molar-refractivity contribution in [3.63, 3.8) is 0 Å². The van der Waals surface area contributed by atoms with Gasteiger partial charge in [-0.3, -0.25) is 0 Å². The second-order valence-corrected chi connectivity index (χ2v) is 7.50. The van der Waals surface area contributed by atoms with Crippen molar-refractivity contribution in [2.24, 2.45) is 5.92 Å². The van der Waals surface area contributed by atoms with Gasteiger partial charge in [-0.05, 0) is 66.5 Å². The normalized spacial score (nSPS) is 16.2. The molecule has 1 heterocycles. The van der Waals surface area contributed by atoms with E-state index in [1.165, 1.54) is 39.1 Å². The number of hydrogen-bond donors (Lipinski definition) is 1. The first-order chi connectivity index (χ1) is 11.5. The highest BCUT2D eigenvalue weighted by Gasteiger charge is 2.18. The van der Waals surface area contributed by atoms with Gasteiger partial charge in [-0.2, -0.15) is 0 Å². The van der Waals surface area contributed by atoms with Crippen LogP contribution < -0.4 is 5.32 Å². The third kappa shape index (κ3) is 3.40. The minimum absolute atomic E-state index is 0.264. The number of aryl methyl sites for hydroxylation is 2. The molecule has 126 valence electrons. The zero-order valence-corrected chi connectivity index (χ0v) is 15.6. The summed E-state index contributed by atoms with van der Waals surface area (Å²) in [4.78, 5) is 0. The summed E-state index contributed by atoms with van der Waals surface area (Å²) in [6, 6.07) is 11.7. The zero-order valence-electron chi connectivity index (χ0n) is 15.6. The molecule has 0 bridgehead atoms. The molecule has 0 amide bonds. The lowest BCUT2D eigenvalue weighted by molar-refractivity contribution is 0.647. The van der Waals surface area contributed by atoms with E-state index in [0.717, 1.165) is 12.8 Å². The minimum Gasteiger partial charge on any atom is -0.374 e. The Morgan fingerprint density at radius 1 is 1.08 bits per heavy atom. The van der Waals surface area contributed by atoms with Crippen molar-refractivity contribution in [1.82, 2.24) is 0 Å². The molecule has 3 rings (SSSR count). The molecule has 24 heavy (non-hydrogen) atoms. The maximum atomic E-state index is 3.77. The van der Waals surface area contributed by atoms with Gasteiger partial charge in [0, 0.05) is 5.69 Å². The molecule has 0 radical (unpaired) electrons. The molecule has 1 heteroatoms. The summed E-state index contributed by atoms with van der Waals surface area (Å²) in [6.45, 7) is 11.2. The van der Waals surface area contributed by atoms with Crippen molar-refractivity contribution >= 4 is 11.8 Å². The van der Waals surface area contributed by atoms with Crippen molar-refractivity contribution in [2.75, 3.05) is 5.32 Å². The van der Waals surface area contributed by atoms with Crippen molar-refractivity contribution in [3.05, 3.63) is 69.8 Å². The molecule has 0 aromatic heterocycles. The van der Waals surface area contributed by atoms with Gasteiger partial charge in [0.15, 0.2) is 0 Å². The molecule has 1 atom stereocenters. The standard InChI is InChI=1S/C23H29N/c1-6-20-17(5)12-16(4)13-21(20)22-10-9-19-8-7-18(11-15(2)3)14-23(19)24-22/h7-10,12-15,22,24H,6,11H2,1-5H3.